The molecule has 1 saturated carbocycles. The maximum Gasteiger partial charge on any atom is 0.121 e. The van der Waals surface area contributed by atoms with Crippen LogP contribution in [0.3, 0.4) is 0 Å². The van der Waals surface area contributed by atoms with Crippen LogP contribution in [0.15, 0.2) is 24.3 Å². The van der Waals surface area contributed by atoms with Gasteiger partial charge in [0.25, 0.3) is 0 Å². The van der Waals surface area contributed by atoms with Gasteiger partial charge in [-0.2, -0.15) is 0 Å². The Morgan fingerprint density at radius 1 is 1.26 bits per heavy atom. The van der Waals surface area contributed by atoms with Crippen LogP contribution in [0.4, 0.5) is 5.69 Å². The number of nitrogens with one attached hydrogen (secondary N) is 1. The molecule has 0 bridgehead atoms. The molecule has 1 aliphatic rings. The molecule has 0 saturated heterocycles. The lowest BCUT2D eigenvalue weighted by atomic mass is 10.0. The average molecular weight is 263 g/mol. The first kappa shape index (κ1) is 14.2. The lowest BCUT2D eigenvalue weighted by molar-refractivity contribution is 0.146. The van der Waals surface area contributed by atoms with Crippen molar-refractivity contribution in [3.05, 3.63) is 24.3 Å². The molecule has 0 heterocycles. The molecule has 0 spiro atoms. The van der Waals surface area contributed by atoms with E-state index in [1.165, 1.54) is 31.4 Å². The third kappa shape index (κ3) is 4.13. The van der Waals surface area contributed by atoms with Crippen LogP contribution >= 0.6 is 0 Å². The first-order valence-electron chi connectivity index (χ1n) is 7.31. The predicted molar refractivity (Wildman–Crippen MR) is 78.9 cm³/mol. The van der Waals surface area contributed by atoms with Gasteiger partial charge in [-0.25, -0.2) is 0 Å². The highest BCUT2D eigenvalue weighted by Gasteiger charge is 2.25. The van der Waals surface area contributed by atoms with Crippen molar-refractivity contribution in [2.45, 2.75) is 38.6 Å². The number of ether oxygens (including phenoxy) is 2. The van der Waals surface area contributed by atoms with Gasteiger partial charge in [0.15, 0.2) is 0 Å². The van der Waals surface area contributed by atoms with Crippen molar-refractivity contribution in [3.63, 3.8) is 0 Å². The summed E-state index contributed by atoms with van der Waals surface area (Å²) >= 11 is 0. The van der Waals surface area contributed by atoms with E-state index in [4.69, 9.17) is 9.47 Å². The lowest BCUT2D eigenvalue weighted by Gasteiger charge is -2.21. The SMILES string of the molecule is CCC1CCCC1Nc1cccc(OCCOC)c1. The number of rotatable bonds is 7. The summed E-state index contributed by atoms with van der Waals surface area (Å²) in [5.41, 5.74) is 1.17. The fourth-order valence-electron chi connectivity index (χ4n) is 2.85. The highest BCUT2D eigenvalue weighted by molar-refractivity contribution is 5.49. The molecule has 1 N–H and O–H groups in total. The van der Waals surface area contributed by atoms with Gasteiger partial charge in [0.05, 0.1) is 6.61 Å². The van der Waals surface area contributed by atoms with Crippen molar-refractivity contribution in [1.82, 2.24) is 0 Å². The zero-order valence-corrected chi connectivity index (χ0v) is 12.0. The van der Waals surface area contributed by atoms with Crippen molar-refractivity contribution in [1.29, 1.82) is 0 Å². The molecule has 2 unspecified atom stereocenters. The van der Waals surface area contributed by atoms with Crippen LogP contribution in [-0.4, -0.2) is 26.4 Å². The Hall–Kier alpha value is -1.22. The third-order valence-electron chi connectivity index (χ3n) is 3.93. The third-order valence-corrected chi connectivity index (χ3v) is 3.93. The predicted octanol–water partition coefficient (Wildman–Crippen LogP) is 3.70. The molecular weight excluding hydrogens is 238 g/mol. The molecule has 1 aromatic carbocycles. The van der Waals surface area contributed by atoms with Crippen LogP contribution in [0.25, 0.3) is 0 Å². The van der Waals surface area contributed by atoms with E-state index in [9.17, 15) is 0 Å². The zero-order valence-electron chi connectivity index (χ0n) is 12.0. The number of benzene rings is 1. The summed E-state index contributed by atoms with van der Waals surface area (Å²) in [5, 5.41) is 3.66. The van der Waals surface area contributed by atoms with E-state index in [0.717, 1.165) is 11.7 Å². The highest BCUT2D eigenvalue weighted by atomic mass is 16.5. The minimum Gasteiger partial charge on any atom is -0.491 e. The monoisotopic (exact) mass is 263 g/mol. The molecule has 3 heteroatoms. The highest BCUT2D eigenvalue weighted by Crippen LogP contribution is 2.31. The lowest BCUT2D eigenvalue weighted by Crippen LogP contribution is -2.23. The fourth-order valence-corrected chi connectivity index (χ4v) is 2.85. The van der Waals surface area contributed by atoms with Crippen LogP contribution in [0.1, 0.15) is 32.6 Å². The van der Waals surface area contributed by atoms with Gasteiger partial charge in [-0.05, 0) is 30.9 Å². The molecule has 0 aliphatic heterocycles. The maximum absolute atomic E-state index is 5.64. The smallest absolute Gasteiger partial charge is 0.121 e. The van der Waals surface area contributed by atoms with Crippen LogP contribution in [0, 0.1) is 5.92 Å². The Morgan fingerprint density at radius 3 is 2.95 bits per heavy atom. The van der Waals surface area contributed by atoms with E-state index in [0.29, 0.717) is 19.3 Å². The largest absolute Gasteiger partial charge is 0.491 e. The first-order chi connectivity index (χ1) is 9.33. The van der Waals surface area contributed by atoms with Crippen molar-refractivity contribution < 1.29 is 9.47 Å². The van der Waals surface area contributed by atoms with E-state index in [2.05, 4.69) is 24.4 Å². The molecule has 0 aromatic heterocycles. The minimum atomic E-state index is 0.598. The second kappa shape index (κ2) is 7.39. The van der Waals surface area contributed by atoms with E-state index in [-0.39, 0.29) is 0 Å². The maximum atomic E-state index is 5.64. The standard InChI is InChI=1S/C16H25NO2/c1-3-13-6-4-9-16(13)17-14-7-5-8-15(12-14)19-11-10-18-2/h5,7-8,12-13,16-17H,3-4,6,9-11H2,1-2H3. The molecule has 19 heavy (non-hydrogen) atoms. The molecular formula is C16H25NO2. The number of hydrogen-bond acceptors (Lipinski definition) is 3. The Balaban J connectivity index is 1.91. The summed E-state index contributed by atoms with van der Waals surface area (Å²) in [7, 11) is 1.69. The van der Waals surface area contributed by atoms with Crippen LogP contribution < -0.4 is 10.1 Å². The zero-order chi connectivity index (χ0) is 13.5. The normalized spacial score (nSPS) is 22.4. The summed E-state index contributed by atoms with van der Waals surface area (Å²) in [5.74, 6) is 1.73. The van der Waals surface area contributed by atoms with Crippen molar-refractivity contribution >= 4 is 5.69 Å². The quantitative estimate of drug-likeness (QED) is 0.761. The Bertz CT molecular complexity index is 381. The molecule has 3 nitrogen and oxygen atoms in total. The Labute approximate surface area is 116 Å². The van der Waals surface area contributed by atoms with Gasteiger partial charge >= 0.3 is 0 Å². The second-order valence-corrected chi connectivity index (χ2v) is 5.22. The second-order valence-electron chi connectivity index (χ2n) is 5.22. The van der Waals surface area contributed by atoms with Gasteiger partial charge < -0.3 is 14.8 Å². The van der Waals surface area contributed by atoms with Gasteiger partial charge in [-0.3, -0.25) is 0 Å². The summed E-state index contributed by atoms with van der Waals surface area (Å²) in [6, 6.07) is 8.86. The number of anilines is 1. The van der Waals surface area contributed by atoms with E-state index >= 15 is 0 Å². The number of hydrogen-bond donors (Lipinski definition) is 1. The molecule has 1 aromatic rings. The van der Waals surface area contributed by atoms with Gasteiger partial charge in [-0.15, -0.1) is 0 Å². The van der Waals surface area contributed by atoms with E-state index in [1.54, 1.807) is 7.11 Å². The van der Waals surface area contributed by atoms with Gasteiger partial charge in [0.1, 0.15) is 12.4 Å². The Morgan fingerprint density at radius 2 is 2.16 bits per heavy atom. The number of methoxy groups -OCH3 is 1. The Kier molecular flexibility index (Phi) is 5.52. The minimum absolute atomic E-state index is 0.598. The molecule has 106 valence electrons. The van der Waals surface area contributed by atoms with E-state index < -0.39 is 0 Å². The molecule has 0 amide bonds. The summed E-state index contributed by atoms with van der Waals surface area (Å²) in [6.45, 7) is 3.51. The summed E-state index contributed by atoms with van der Waals surface area (Å²) in [6.07, 6.45) is 5.26. The average Bonchev–Trinajstić information content (AvgIpc) is 2.87. The molecule has 2 rings (SSSR count). The van der Waals surface area contributed by atoms with Gasteiger partial charge in [-0.1, -0.05) is 25.8 Å². The molecule has 2 atom stereocenters. The van der Waals surface area contributed by atoms with Gasteiger partial charge in [0, 0.05) is 24.9 Å². The fraction of sp³-hybridized carbons (Fsp3) is 0.625. The van der Waals surface area contributed by atoms with Gasteiger partial charge in [0.2, 0.25) is 0 Å². The first-order valence-corrected chi connectivity index (χ1v) is 7.31. The van der Waals surface area contributed by atoms with Crippen molar-refractivity contribution in [2.24, 2.45) is 5.92 Å². The molecule has 1 aliphatic carbocycles. The van der Waals surface area contributed by atoms with E-state index in [1.807, 2.05) is 12.1 Å². The molecule has 1 fully saturated rings. The van der Waals surface area contributed by atoms with Crippen LogP contribution in [-0.2, 0) is 4.74 Å². The summed E-state index contributed by atoms with van der Waals surface area (Å²) in [4.78, 5) is 0. The topological polar surface area (TPSA) is 30.5 Å². The van der Waals surface area contributed by atoms with Crippen LogP contribution in [0.5, 0.6) is 5.75 Å². The molecule has 0 radical (unpaired) electrons. The van der Waals surface area contributed by atoms with Crippen molar-refractivity contribution in [3.8, 4) is 5.75 Å². The van der Waals surface area contributed by atoms with Crippen LogP contribution in [0.2, 0.25) is 0 Å². The summed E-state index contributed by atoms with van der Waals surface area (Å²) < 4.78 is 10.6. The van der Waals surface area contributed by atoms with Crippen molar-refractivity contribution in [2.75, 3.05) is 25.6 Å².